The van der Waals surface area contributed by atoms with Gasteiger partial charge >= 0.3 is 6.09 Å². The zero-order valence-corrected chi connectivity index (χ0v) is 11.4. The van der Waals surface area contributed by atoms with E-state index >= 15 is 0 Å². The summed E-state index contributed by atoms with van der Waals surface area (Å²) < 4.78 is 5.40. The van der Waals surface area contributed by atoms with Crippen molar-refractivity contribution in [3.63, 3.8) is 0 Å². The molecule has 0 spiro atoms. The summed E-state index contributed by atoms with van der Waals surface area (Å²) in [5, 5.41) is 2.77. The van der Waals surface area contributed by atoms with Crippen LogP contribution in [0.3, 0.4) is 0 Å². The summed E-state index contributed by atoms with van der Waals surface area (Å²) in [5.74, 6) is 0.123. The quantitative estimate of drug-likeness (QED) is 0.890. The smallest absolute Gasteiger partial charge is 0.411 e. The second-order valence-corrected chi connectivity index (χ2v) is 5.85. The third kappa shape index (κ3) is 1.62. The van der Waals surface area contributed by atoms with Crippen molar-refractivity contribution in [3.05, 3.63) is 42.4 Å². The molecule has 2 bridgehead atoms. The van der Waals surface area contributed by atoms with Crippen molar-refractivity contribution in [3.8, 4) is 0 Å². The molecule has 3 aliphatic heterocycles. The highest BCUT2D eigenvalue weighted by atomic mass is 16.6. The summed E-state index contributed by atoms with van der Waals surface area (Å²) in [6.45, 7) is 4.21. The molecule has 1 N–H and O–H groups in total. The predicted octanol–water partition coefficient (Wildman–Crippen LogP) is 1.37. The molecule has 4 heterocycles. The molecule has 1 atom stereocenters. The highest BCUT2D eigenvalue weighted by Crippen LogP contribution is 2.50. The lowest BCUT2D eigenvalue weighted by Crippen LogP contribution is -2.70. The number of nitrogens with one attached hydrogen (secondary N) is 1. The largest absolute Gasteiger partial charge is 0.438 e. The zero-order chi connectivity index (χ0) is 14.6. The molecule has 108 valence electrons. The van der Waals surface area contributed by atoms with Crippen LogP contribution in [0.15, 0.2) is 36.7 Å². The van der Waals surface area contributed by atoms with Crippen LogP contribution in [0, 0.1) is 5.92 Å². The molecule has 1 saturated carbocycles. The molecule has 0 aromatic carbocycles. The summed E-state index contributed by atoms with van der Waals surface area (Å²) in [5.41, 5.74) is 0.712. The van der Waals surface area contributed by atoms with Crippen LogP contribution in [0.1, 0.15) is 24.6 Å². The first-order chi connectivity index (χ1) is 10.1. The van der Waals surface area contributed by atoms with E-state index in [1.54, 1.807) is 11.1 Å². The zero-order valence-electron chi connectivity index (χ0n) is 11.4. The first-order valence-electron chi connectivity index (χ1n) is 6.99. The molecule has 6 heteroatoms. The van der Waals surface area contributed by atoms with Crippen LogP contribution >= 0.6 is 0 Å². The van der Waals surface area contributed by atoms with E-state index in [9.17, 15) is 9.59 Å². The Morgan fingerprint density at radius 3 is 2.86 bits per heavy atom. The van der Waals surface area contributed by atoms with E-state index in [1.165, 1.54) is 0 Å². The molecular formula is C15H15N3O3. The van der Waals surface area contributed by atoms with Crippen LogP contribution in [0.5, 0.6) is 0 Å². The Morgan fingerprint density at radius 2 is 2.19 bits per heavy atom. The molecule has 1 aromatic heterocycles. The van der Waals surface area contributed by atoms with E-state index in [4.69, 9.17) is 4.74 Å². The van der Waals surface area contributed by atoms with Gasteiger partial charge in [0.05, 0.1) is 12.2 Å². The Bertz CT molecular complexity index is 637. The number of hydrogen-bond acceptors (Lipinski definition) is 4. The average Bonchev–Trinajstić information content (AvgIpc) is 2.81. The number of nitrogens with zero attached hydrogens (tertiary/aromatic N) is 2. The van der Waals surface area contributed by atoms with Crippen molar-refractivity contribution >= 4 is 12.0 Å². The highest BCUT2D eigenvalue weighted by Gasteiger charge is 2.62. The summed E-state index contributed by atoms with van der Waals surface area (Å²) in [6.07, 6.45) is 2.10. The van der Waals surface area contributed by atoms with Crippen molar-refractivity contribution in [2.75, 3.05) is 6.54 Å². The molecule has 5 rings (SSSR count). The number of carbonyl (C=O) groups excluding carboxylic acids is 2. The first-order valence-corrected chi connectivity index (χ1v) is 6.99. The monoisotopic (exact) mass is 285 g/mol. The summed E-state index contributed by atoms with van der Waals surface area (Å²) in [7, 11) is 0. The number of ether oxygens (including phenoxy) is 1. The van der Waals surface area contributed by atoms with Crippen LogP contribution in [0.4, 0.5) is 4.79 Å². The van der Waals surface area contributed by atoms with Gasteiger partial charge in [0, 0.05) is 17.8 Å². The summed E-state index contributed by atoms with van der Waals surface area (Å²) >= 11 is 0. The SMILES string of the molecule is C=C1NC(=O)C2(N3CC(c4ccccn4)OC3=O)CC1C2. The van der Waals surface area contributed by atoms with Crippen LogP contribution in [0.2, 0.25) is 0 Å². The maximum Gasteiger partial charge on any atom is 0.411 e. The number of fused-ring (bicyclic) bond motifs is 2. The average molecular weight is 285 g/mol. The molecule has 2 amide bonds. The minimum absolute atomic E-state index is 0.145. The maximum absolute atomic E-state index is 12.3. The van der Waals surface area contributed by atoms with Crippen LogP contribution in [0.25, 0.3) is 0 Å². The Morgan fingerprint density at radius 1 is 1.38 bits per heavy atom. The molecule has 4 aliphatic rings. The van der Waals surface area contributed by atoms with Gasteiger partial charge in [0.15, 0.2) is 6.10 Å². The third-order valence-electron chi connectivity index (χ3n) is 4.70. The lowest BCUT2D eigenvalue weighted by atomic mass is 9.62. The van der Waals surface area contributed by atoms with Gasteiger partial charge in [-0.1, -0.05) is 12.6 Å². The van der Waals surface area contributed by atoms with Crippen molar-refractivity contribution in [2.45, 2.75) is 24.5 Å². The lowest BCUT2D eigenvalue weighted by Gasteiger charge is -2.54. The number of aromatic nitrogens is 1. The van der Waals surface area contributed by atoms with Crippen molar-refractivity contribution < 1.29 is 14.3 Å². The molecule has 1 aromatic rings. The Labute approximate surface area is 121 Å². The molecule has 6 nitrogen and oxygen atoms in total. The van der Waals surface area contributed by atoms with E-state index in [2.05, 4.69) is 16.9 Å². The van der Waals surface area contributed by atoms with Gasteiger partial charge in [0.1, 0.15) is 5.54 Å². The van der Waals surface area contributed by atoms with E-state index < -0.39 is 17.7 Å². The van der Waals surface area contributed by atoms with E-state index in [1.807, 2.05) is 18.2 Å². The number of cyclic esters (lactones) is 1. The Hall–Kier alpha value is -2.37. The molecule has 4 fully saturated rings. The number of allylic oxidation sites excluding steroid dienone is 1. The molecule has 1 unspecified atom stereocenters. The normalized spacial score (nSPS) is 34.3. The van der Waals surface area contributed by atoms with Gasteiger partial charge in [-0.25, -0.2) is 4.79 Å². The first kappa shape index (κ1) is 12.4. The van der Waals surface area contributed by atoms with Crippen LogP contribution < -0.4 is 5.32 Å². The Kier molecular flexibility index (Phi) is 2.40. The van der Waals surface area contributed by atoms with Gasteiger partial charge in [-0.15, -0.1) is 0 Å². The fourth-order valence-electron chi connectivity index (χ4n) is 3.43. The fourth-order valence-corrected chi connectivity index (χ4v) is 3.43. The minimum atomic E-state index is -0.757. The van der Waals surface area contributed by atoms with Crippen molar-refractivity contribution in [1.29, 1.82) is 0 Å². The second-order valence-electron chi connectivity index (χ2n) is 5.85. The number of piperidine rings is 2. The topological polar surface area (TPSA) is 71.5 Å². The van der Waals surface area contributed by atoms with E-state index in [0.717, 1.165) is 5.70 Å². The van der Waals surface area contributed by atoms with Gasteiger partial charge in [-0.2, -0.15) is 0 Å². The van der Waals surface area contributed by atoms with Crippen molar-refractivity contribution in [2.24, 2.45) is 5.92 Å². The molecular weight excluding hydrogens is 270 g/mol. The molecule has 0 radical (unpaired) electrons. The third-order valence-corrected chi connectivity index (χ3v) is 4.70. The predicted molar refractivity (Wildman–Crippen MR) is 72.9 cm³/mol. The molecule has 21 heavy (non-hydrogen) atoms. The standard InChI is InChI=1S/C15H15N3O3/c1-9-10-6-15(7-10,13(19)17-9)18-8-12(21-14(18)20)11-4-2-3-5-16-11/h2-5,10,12H,1,6-8H2,(H,17,19). The fraction of sp³-hybridized carbons (Fsp3) is 0.400. The molecule has 3 saturated heterocycles. The maximum atomic E-state index is 12.3. The van der Waals surface area contributed by atoms with Crippen LogP contribution in [-0.4, -0.2) is 34.0 Å². The number of hydrogen-bond donors (Lipinski definition) is 1. The van der Waals surface area contributed by atoms with Gasteiger partial charge in [-0.3, -0.25) is 14.7 Å². The minimum Gasteiger partial charge on any atom is -0.438 e. The molecule has 1 aliphatic carbocycles. The summed E-state index contributed by atoms with van der Waals surface area (Å²) in [6, 6.07) is 5.49. The van der Waals surface area contributed by atoms with Crippen LogP contribution in [-0.2, 0) is 9.53 Å². The Balaban J connectivity index is 1.59. The number of rotatable bonds is 2. The number of pyridine rings is 1. The van der Waals surface area contributed by atoms with Gasteiger partial charge in [0.25, 0.3) is 0 Å². The summed E-state index contributed by atoms with van der Waals surface area (Å²) in [4.78, 5) is 30.3. The highest BCUT2D eigenvalue weighted by molar-refractivity contribution is 5.94. The van der Waals surface area contributed by atoms with E-state index in [0.29, 0.717) is 25.1 Å². The van der Waals surface area contributed by atoms with Gasteiger partial charge < -0.3 is 10.1 Å². The second kappa shape index (κ2) is 4.07. The van der Waals surface area contributed by atoms with Crippen molar-refractivity contribution in [1.82, 2.24) is 15.2 Å². The van der Waals surface area contributed by atoms with Gasteiger partial charge in [0.2, 0.25) is 5.91 Å². The number of carbonyl (C=O) groups is 2. The lowest BCUT2D eigenvalue weighted by molar-refractivity contribution is -0.143. The van der Waals surface area contributed by atoms with Gasteiger partial charge in [-0.05, 0) is 25.0 Å². The number of amides is 2. The van der Waals surface area contributed by atoms with E-state index in [-0.39, 0.29) is 11.8 Å².